The van der Waals surface area contributed by atoms with Crippen LogP contribution in [-0.4, -0.2) is 4.98 Å². The monoisotopic (exact) mass is 109 g/mol. The van der Waals surface area contributed by atoms with Crippen molar-refractivity contribution in [1.82, 2.24) is 4.98 Å². The topological polar surface area (TPSA) is 26.0 Å². The van der Waals surface area contributed by atoms with Gasteiger partial charge < -0.3 is 4.42 Å². The average molecular weight is 109 g/mol. The van der Waals surface area contributed by atoms with Crippen molar-refractivity contribution in [1.29, 1.82) is 0 Å². The Hall–Kier alpha value is -1.05. The van der Waals surface area contributed by atoms with Crippen molar-refractivity contribution < 1.29 is 4.42 Å². The minimum Gasteiger partial charge on any atom is -0.445 e. The largest absolute Gasteiger partial charge is 0.445 e. The van der Waals surface area contributed by atoms with Gasteiger partial charge in [0.15, 0.2) is 0 Å². The van der Waals surface area contributed by atoms with Crippen LogP contribution in [0.3, 0.4) is 0 Å². The lowest BCUT2D eigenvalue weighted by atomic mass is 10.5. The highest BCUT2D eigenvalue weighted by atomic mass is 16.3. The van der Waals surface area contributed by atoms with E-state index in [0.29, 0.717) is 5.89 Å². The van der Waals surface area contributed by atoms with Crippen LogP contribution < -0.4 is 0 Å². The molecule has 1 aromatic rings. The Labute approximate surface area is 47.9 Å². The fraction of sp³-hybridized carbons (Fsp3) is 0.167. The van der Waals surface area contributed by atoms with E-state index in [9.17, 15) is 0 Å². The van der Waals surface area contributed by atoms with Gasteiger partial charge in [0.25, 0.3) is 0 Å². The van der Waals surface area contributed by atoms with E-state index >= 15 is 0 Å². The van der Waals surface area contributed by atoms with Crippen molar-refractivity contribution in [2.45, 2.75) is 6.92 Å². The summed E-state index contributed by atoms with van der Waals surface area (Å²) in [5.74, 6) is 0.660. The zero-order valence-corrected chi connectivity index (χ0v) is 4.66. The Kier molecular flexibility index (Phi) is 1.47. The molecule has 0 aliphatic heterocycles. The number of hydrogen-bond acceptors (Lipinski definition) is 2. The van der Waals surface area contributed by atoms with Gasteiger partial charge in [0.1, 0.15) is 6.26 Å². The molecular weight excluding hydrogens is 102 g/mol. The van der Waals surface area contributed by atoms with E-state index in [-0.39, 0.29) is 0 Å². The highest BCUT2D eigenvalue weighted by Crippen LogP contribution is 1.95. The number of hydrogen-bond donors (Lipinski definition) is 0. The lowest BCUT2D eigenvalue weighted by Crippen LogP contribution is -1.63. The third-order valence-electron chi connectivity index (χ3n) is 0.761. The lowest BCUT2D eigenvalue weighted by Gasteiger charge is -1.74. The summed E-state index contributed by atoms with van der Waals surface area (Å²) in [5.41, 5.74) is 0. The standard InChI is InChI=1S/C6H7NO/c1-2-3-6-7-4-5-8-6/h2-5H,1H3/b3-2+. The van der Waals surface area contributed by atoms with Gasteiger partial charge in [-0.2, -0.15) is 0 Å². The van der Waals surface area contributed by atoms with Crippen LogP contribution in [0.25, 0.3) is 6.08 Å². The van der Waals surface area contributed by atoms with Crippen molar-refractivity contribution in [2.24, 2.45) is 0 Å². The van der Waals surface area contributed by atoms with Crippen molar-refractivity contribution in [3.63, 3.8) is 0 Å². The summed E-state index contributed by atoms with van der Waals surface area (Å²) in [6, 6.07) is 0. The van der Waals surface area contributed by atoms with Gasteiger partial charge >= 0.3 is 0 Å². The predicted molar refractivity (Wildman–Crippen MR) is 31.2 cm³/mol. The summed E-state index contributed by atoms with van der Waals surface area (Å²) in [4.78, 5) is 3.85. The fourth-order valence-corrected chi connectivity index (χ4v) is 0.459. The van der Waals surface area contributed by atoms with E-state index in [0.717, 1.165) is 0 Å². The Bertz CT molecular complexity index is 165. The summed E-state index contributed by atoms with van der Waals surface area (Å²) in [7, 11) is 0. The number of oxazole rings is 1. The van der Waals surface area contributed by atoms with Crippen molar-refractivity contribution >= 4 is 6.08 Å². The molecule has 1 heterocycles. The van der Waals surface area contributed by atoms with Gasteiger partial charge in [-0.3, -0.25) is 0 Å². The van der Waals surface area contributed by atoms with Crippen LogP contribution in [0.2, 0.25) is 0 Å². The molecule has 0 unspecified atom stereocenters. The molecule has 0 aliphatic rings. The van der Waals surface area contributed by atoms with Crippen molar-refractivity contribution in [3.05, 3.63) is 24.4 Å². The maximum atomic E-state index is 4.88. The second kappa shape index (κ2) is 2.31. The van der Waals surface area contributed by atoms with E-state index in [4.69, 9.17) is 4.42 Å². The SMILES string of the molecule is C/C=C/c1ncco1. The summed E-state index contributed by atoms with van der Waals surface area (Å²) in [6.07, 6.45) is 6.86. The van der Waals surface area contributed by atoms with Gasteiger partial charge in [-0.1, -0.05) is 6.08 Å². The molecule has 0 spiro atoms. The average Bonchev–Trinajstić information content (AvgIpc) is 2.19. The molecule has 2 heteroatoms. The zero-order chi connectivity index (χ0) is 5.82. The summed E-state index contributed by atoms with van der Waals surface area (Å²) >= 11 is 0. The van der Waals surface area contributed by atoms with Crippen LogP contribution in [0.4, 0.5) is 0 Å². The highest BCUT2D eigenvalue weighted by Gasteiger charge is 1.83. The van der Waals surface area contributed by atoms with Crippen LogP contribution in [0.5, 0.6) is 0 Å². The van der Waals surface area contributed by atoms with E-state index < -0.39 is 0 Å². The maximum absolute atomic E-state index is 4.88. The van der Waals surface area contributed by atoms with E-state index in [1.807, 2.05) is 13.0 Å². The quantitative estimate of drug-likeness (QED) is 0.548. The molecule has 1 rings (SSSR count). The van der Waals surface area contributed by atoms with Gasteiger partial charge in [0.05, 0.1) is 6.20 Å². The van der Waals surface area contributed by atoms with E-state index in [1.165, 1.54) is 0 Å². The van der Waals surface area contributed by atoms with Crippen molar-refractivity contribution in [2.75, 3.05) is 0 Å². The van der Waals surface area contributed by atoms with E-state index in [2.05, 4.69) is 4.98 Å². The molecule has 1 aromatic heterocycles. The van der Waals surface area contributed by atoms with Gasteiger partial charge in [-0.05, 0) is 13.0 Å². The van der Waals surface area contributed by atoms with Gasteiger partial charge in [0.2, 0.25) is 5.89 Å². The highest BCUT2D eigenvalue weighted by molar-refractivity contribution is 5.35. The molecule has 0 saturated carbocycles. The van der Waals surface area contributed by atoms with Crippen molar-refractivity contribution in [3.8, 4) is 0 Å². The molecule has 0 fully saturated rings. The number of allylic oxidation sites excluding steroid dienone is 1. The Morgan fingerprint density at radius 2 is 2.62 bits per heavy atom. The predicted octanol–water partition coefficient (Wildman–Crippen LogP) is 1.71. The van der Waals surface area contributed by atoms with Crippen LogP contribution in [-0.2, 0) is 0 Å². The van der Waals surface area contributed by atoms with Crippen LogP contribution in [0.15, 0.2) is 23.0 Å². The molecule has 0 bridgehead atoms. The molecular formula is C6H7NO. The Morgan fingerprint density at radius 3 is 3.12 bits per heavy atom. The molecule has 0 saturated heterocycles. The lowest BCUT2D eigenvalue weighted by molar-refractivity contribution is 0.546. The second-order valence-corrected chi connectivity index (χ2v) is 1.37. The zero-order valence-electron chi connectivity index (χ0n) is 4.66. The molecule has 0 radical (unpaired) electrons. The number of rotatable bonds is 1. The van der Waals surface area contributed by atoms with Crippen LogP contribution >= 0.6 is 0 Å². The maximum Gasteiger partial charge on any atom is 0.218 e. The molecule has 0 amide bonds. The fourth-order valence-electron chi connectivity index (χ4n) is 0.459. The molecule has 0 atom stereocenters. The second-order valence-electron chi connectivity index (χ2n) is 1.37. The minimum absolute atomic E-state index is 0.660. The molecule has 0 aromatic carbocycles. The van der Waals surface area contributed by atoms with Gasteiger partial charge in [-0.25, -0.2) is 4.98 Å². The summed E-state index contributed by atoms with van der Waals surface area (Å²) in [5, 5.41) is 0. The third kappa shape index (κ3) is 0.964. The summed E-state index contributed by atoms with van der Waals surface area (Å²) in [6.45, 7) is 1.92. The minimum atomic E-state index is 0.660. The normalized spacial score (nSPS) is 10.6. The number of nitrogens with zero attached hydrogens (tertiary/aromatic N) is 1. The first kappa shape index (κ1) is 5.09. The Morgan fingerprint density at radius 1 is 1.75 bits per heavy atom. The smallest absolute Gasteiger partial charge is 0.218 e. The molecule has 0 aliphatic carbocycles. The molecule has 2 nitrogen and oxygen atoms in total. The first-order valence-electron chi connectivity index (χ1n) is 2.45. The number of aromatic nitrogens is 1. The van der Waals surface area contributed by atoms with Gasteiger partial charge in [0, 0.05) is 0 Å². The Balaban J connectivity index is 2.77. The molecule has 8 heavy (non-hydrogen) atoms. The van der Waals surface area contributed by atoms with Crippen LogP contribution in [0, 0.1) is 0 Å². The molecule has 42 valence electrons. The van der Waals surface area contributed by atoms with E-state index in [1.54, 1.807) is 18.5 Å². The first-order chi connectivity index (χ1) is 3.93. The third-order valence-corrected chi connectivity index (χ3v) is 0.761. The van der Waals surface area contributed by atoms with Crippen LogP contribution in [0.1, 0.15) is 12.8 Å². The molecule has 0 N–H and O–H groups in total. The van der Waals surface area contributed by atoms with Gasteiger partial charge in [-0.15, -0.1) is 0 Å². The first-order valence-corrected chi connectivity index (χ1v) is 2.45. The summed E-state index contributed by atoms with van der Waals surface area (Å²) < 4.78 is 4.88.